The van der Waals surface area contributed by atoms with Gasteiger partial charge < -0.3 is 14.8 Å². The van der Waals surface area contributed by atoms with Crippen LogP contribution in [0, 0.1) is 17.8 Å². The van der Waals surface area contributed by atoms with E-state index in [4.69, 9.17) is 9.47 Å². The fraction of sp³-hybridized carbons (Fsp3) is 0.696. The molecule has 4 atom stereocenters. The standard InChI is InChI=1S/C23H32N2O3/c1-15(2)27-18-7-3-16(4-8-18)12-25-13-20-19(11-24-22(26)17-5-6-17)21-9-10-23(20,14-25)28-21/h3-4,7-8,15,17,19-21H,5-6,9-14H2,1-2H3,(H,24,26)/t19-,20+,21+,23+/m0/s1. The zero-order valence-electron chi connectivity index (χ0n) is 17.0. The van der Waals surface area contributed by atoms with E-state index in [0.717, 1.165) is 51.2 Å². The van der Waals surface area contributed by atoms with Crippen LogP contribution < -0.4 is 10.1 Å². The molecule has 1 N–H and O–H groups in total. The van der Waals surface area contributed by atoms with E-state index in [9.17, 15) is 4.79 Å². The molecule has 1 aromatic carbocycles. The number of nitrogens with zero attached hydrogens (tertiary/aromatic N) is 1. The largest absolute Gasteiger partial charge is 0.491 e. The molecule has 3 aliphatic heterocycles. The summed E-state index contributed by atoms with van der Waals surface area (Å²) in [5, 5.41) is 3.22. The van der Waals surface area contributed by atoms with Gasteiger partial charge in [0.25, 0.3) is 0 Å². The molecule has 28 heavy (non-hydrogen) atoms. The highest BCUT2D eigenvalue weighted by atomic mass is 16.5. The van der Waals surface area contributed by atoms with Gasteiger partial charge in [-0.05, 0) is 57.2 Å². The average Bonchev–Trinajstić information content (AvgIpc) is 3.26. The van der Waals surface area contributed by atoms with Crippen molar-refractivity contribution >= 4 is 5.91 Å². The summed E-state index contributed by atoms with van der Waals surface area (Å²) in [6.07, 6.45) is 5.01. The van der Waals surface area contributed by atoms with Crippen molar-refractivity contribution in [2.75, 3.05) is 19.6 Å². The molecule has 0 radical (unpaired) electrons. The fourth-order valence-electron chi connectivity index (χ4n) is 5.59. The van der Waals surface area contributed by atoms with Crippen molar-refractivity contribution in [3.63, 3.8) is 0 Å². The van der Waals surface area contributed by atoms with Gasteiger partial charge in [0, 0.05) is 43.9 Å². The second-order valence-electron chi connectivity index (χ2n) is 9.53. The van der Waals surface area contributed by atoms with Crippen LogP contribution in [-0.4, -0.2) is 48.3 Å². The Morgan fingerprint density at radius 1 is 1.29 bits per heavy atom. The summed E-state index contributed by atoms with van der Waals surface area (Å²) in [5.41, 5.74) is 1.35. The van der Waals surface area contributed by atoms with Gasteiger partial charge in [-0.2, -0.15) is 0 Å². The summed E-state index contributed by atoms with van der Waals surface area (Å²) in [6.45, 7) is 7.94. The Balaban J connectivity index is 1.20. The Hall–Kier alpha value is -1.59. The number of fused-ring (bicyclic) bond motifs is 1. The Morgan fingerprint density at radius 3 is 2.79 bits per heavy atom. The van der Waals surface area contributed by atoms with Gasteiger partial charge in [0.15, 0.2) is 0 Å². The first-order valence-electron chi connectivity index (χ1n) is 11.0. The lowest BCUT2D eigenvalue weighted by molar-refractivity contribution is -0.122. The van der Waals surface area contributed by atoms with E-state index in [1.54, 1.807) is 0 Å². The quantitative estimate of drug-likeness (QED) is 0.785. The van der Waals surface area contributed by atoms with E-state index in [1.165, 1.54) is 12.0 Å². The molecule has 0 unspecified atom stereocenters. The molecule has 2 bridgehead atoms. The van der Waals surface area contributed by atoms with Crippen LogP contribution in [0.25, 0.3) is 0 Å². The second kappa shape index (κ2) is 7.03. The van der Waals surface area contributed by atoms with Gasteiger partial charge in [-0.15, -0.1) is 0 Å². The van der Waals surface area contributed by atoms with Crippen LogP contribution in [0.3, 0.4) is 0 Å². The molecule has 3 heterocycles. The van der Waals surface area contributed by atoms with Crippen LogP contribution in [0.4, 0.5) is 0 Å². The number of carbonyl (C=O) groups excluding carboxylic acids is 1. The van der Waals surface area contributed by atoms with E-state index < -0.39 is 0 Å². The van der Waals surface area contributed by atoms with Gasteiger partial charge in [0.05, 0.1) is 17.8 Å². The third kappa shape index (κ3) is 3.43. The third-order valence-electron chi connectivity index (χ3n) is 7.02. The zero-order valence-corrected chi connectivity index (χ0v) is 17.0. The van der Waals surface area contributed by atoms with Gasteiger partial charge in [-0.1, -0.05) is 12.1 Å². The monoisotopic (exact) mass is 384 g/mol. The highest BCUT2D eigenvalue weighted by molar-refractivity contribution is 5.80. The minimum Gasteiger partial charge on any atom is -0.491 e. The van der Waals surface area contributed by atoms with Gasteiger partial charge in [0.1, 0.15) is 5.75 Å². The lowest BCUT2D eigenvalue weighted by Gasteiger charge is -2.29. The van der Waals surface area contributed by atoms with Crippen molar-refractivity contribution in [1.82, 2.24) is 10.2 Å². The van der Waals surface area contributed by atoms with Crippen LogP contribution in [0.5, 0.6) is 5.75 Å². The van der Waals surface area contributed by atoms with Gasteiger partial charge in [0.2, 0.25) is 5.91 Å². The molecule has 4 fully saturated rings. The Bertz CT molecular complexity index is 730. The predicted molar refractivity (Wildman–Crippen MR) is 107 cm³/mol. The molecule has 5 nitrogen and oxygen atoms in total. The normalized spacial score (nSPS) is 34.0. The molecule has 3 saturated heterocycles. The van der Waals surface area contributed by atoms with Crippen molar-refractivity contribution < 1.29 is 14.3 Å². The molecule has 0 aromatic heterocycles. The highest BCUT2D eigenvalue weighted by Gasteiger charge is 2.62. The summed E-state index contributed by atoms with van der Waals surface area (Å²) in [4.78, 5) is 14.6. The van der Waals surface area contributed by atoms with Crippen LogP contribution in [0.2, 0.25) is 0 Å². The van der Waals surface area contributed by atoms with Crippen LogP contribution >= 0.6 is 0 Å². The zero-order chi connectivity index (χ0) is 19.3. The molecular formula is C23H32N2O3. The van der Waals surface area contributed by atoms with Crippen molar-refractivity contribution in [2.24, 2.45) is 17.8 Å². The van der Waals surface area contributed by atoms with Gasteiger partial charge >= 0.3 is 0 Å². The Morgan fingerprint density at radius 2 is 2.07 bits per heavy atom. The van der Waals surface area contributed by atoms with Crippen molar-refractivity contribution in [1.29, 1.82) is 0 Å². The molecule has 1 amide bonds. The van der Waals surface area contributed by atoms with E-state index >= 15 is 0 Å². The molecule has 1 spiro atoms. The average molecular weight is 385 g/mol. The van der Waals surface area contributed by atoms with Crippen LogP contribution in [-0.2, 0) is 16.1 Å². The summed E-state index contributed by atoms with van der Waals surface area (Å²) in [5.74, 6) is 2.51. The molecule has 1 aliphatic carbocycles. The minimum absolute atomic E-state index is 0.0281. The SMILES string of the molecule is CC(C)Oc1ccc(CN2C[C@@H]3[C@H](CNC(=O)C4CC4)[C@H]4CC[C@]3(C2)O4)cc1. The minimum atomic E-state index is 0.0281. The molecule has 1 aromatic rings. The van der Waals surface area contributed by atoms with E-state index in [0.29, 0.717) is 17.9 Å². The fourth-order valence-corrected chi connectivity index (χ4v) is 5.59. The second-order valence-corrected chi connectivity index (χ2v) is 9.53. The molecule has 4 aliphatic rings. The number of carbonyl (C=O) groups is 1. The van der Waals surface area contributed by atoms with Crippen molar-refractivity contribution in [3.8, 4) is 5.75 Å². The number of likely N-dealkylation sites (tertiary alicyclic amines) is 1. The summed E-state index contributed by atoms with van der Waals surface area (Å²) < 4.78 is 12.3. The maximum absolute atomic E-state index is 12.1. The maximum atomic E-state index is 12.1. The first-order valence-corrected chi connectivity index (χ1v) is 11.0. The molecular weight excluding hydrogens is 352 g/mol. The lowest BCUT2D eigenvalue weighted by Crippen LogP contribution is -2.42. The summed E-state index contributed by atoms with van der Waals surface area (Å²) >= 11 is 0. The van der Waals surface area contributed by atoms with Crippen LogP contribution in [0.15, 0.2) is 24.3 Å². The molecule has 1 saturated carbocycles. The Labute approximate surface area is 167 Å². The number of ether oxygens (including phenoxy) is 2. The number of amides is 1. The third-order valence-corrected chi connectivity index (χ3v) is 7.02. The van der Waals surface area contributed by atoms with E-state index in [-0.39, 0.29) is 23.5 Å². The molecule has 5 rings (SSSR count). The van der Waals surface area contributed by atoms with Gasteiger partial charge in [-0.3, -0.25) is 9.69 Å². The number of benzene rings is 1. The summed E-state index contributed by atoms with van der Waals surface area (Å²) in [7, 11) is 0. The number of rotatable bonds is 7. The van der Waals surface area contributed by atoms with Crippen molar-refractivity contribution in [3.05, 3.63) is 29.8 Å². The smallest absolute Gasteiger partial charge is 0.223 e. The van der Waals surface area contributed by atoms with E-state index in [2.05, 4.69) is 48.3 Å². The molecule has 5 heteroatoms. The van der Waals surface area contributed by atoms with E-state index in [1.807, 2.05) is 0 Å². The molecule has 152 valence electrons. The predicted octanol–water partition coefficient (Wildman–Crippen LogP) is 2.98. The topological polar surface area (TPSA) is 50.8 Å². The number of nitrogens with one attached hydrogen (secondary N) is 1. The first-order chi connectivity index (χ1) is 13.5. The first kappa shape index (κ1) is 18.4. The Kier molecular flexibility index (Phi) is 4.63. The summed E-state index contributed by atoms with van der Waals surface area (Å²) in [6, 6.07) is 8.50. The van der Waals surface area contributed by atoms with Crippen LogP contribution in [0.1, 0.15) is 45.1 Å². The highest BCUT2D eigenvalue weighted by Crippen LogP contribution is 2.54. The number of hydrogen-bond donors (Lipinski definition) is 1. The van der Waals surface area contributed by atoms with Crippen molar-refractivity contribution in [2.45, 2.75) is 63.9 Å². The lowest BCUT2D eigenvalue weighted by atomic mass is 9.73. The number of hydrogen-bond acceptors (Lipinski definition) is 4. The maximum Gasteiger partial charge on any atom is 0.223 e. The van der Waals surface area contributed by atoms with Gasteiger partial charge in [-0.25, -0.2) is 0 Å².